The van der Waals surface area contributed by atoms with Crippen LogP contribution < -0.4 is 21.5 Å². The first kappa shape index (κ1) is 18.2. The number of para-hydroxylation sites is 1. The summed E-state index contributed by atoms with van der Waals surface area (Å²) in [5.74, 6) is -0.299. The highest BCUT2D eigenvalue weighted by Crippen LogP contribution is 2.25. The summed E-state index contributed by atoms with van der Waals surface area (Å²) in [5, 5.41) is 5.86. The Hall–Kier alpha value is -2.22. The second-order valence-electron chi connectivity index (χ2n) is 6.96. The van der Waals surface area contributed by atoms with Crippen LogP contribution in [0.3, 0.4) is 0 Å². The zero-order valence-corrected chi connectivity index (χ0v) is 16.3. The standard InChI is InChI=1S/C20H21BrN4O2/c21-13-7-5-12(6-8-13)17-11-18(25-24-17)20(27)23-16-4-2-1-3-15(16)19(26)22-14-9-10-14/h1-8,14,17-18,24-25H,9-11H2,(H,22,26)(H,23,27). The first-order chi connectivity index (χ1) is 13.1. The van der Waals surface area contributed by atoms with Crippen LogP contribution >= 0.6 is 15.9 Å². The Balaban J connectivity index is 1.41. The Morgan fingerprint density at radius 1 is 1.00 bits per heavy atom. The zero-order chi connectivity index (χ0) is 18.8. The summed E-state index contributed by atoms with van der Waals surface area (Å²) < 4.78 is 1.02. The van der Waals surface area contributed by atoms with Gasteiger partial charge in [0.2, 0.25) is 5.91 Å². The van der Waals surface area contributed by atoms with Gasteiger partial charge in [-0.15, -0.1) is 0 Å². The normalized spacial score (nSPS) is 21.7. The largest absolute Gasteiger partial charge is 0.349 e. The van der Waals surface area contributed by atoms with E-state index in [0.29, 0.717) is 17.7 Å². The highest BCUT2D eigenvalue weighted by molar-refractivity contribution is 9.10. The van der Waals surface area contributed by atoms with Crippen molar-refractivity contribution in [2.45, 2.75) is 37.4 Å². The summed E-state index contributed by atoms with van der Waals surface area (Å²) >= 11 is 3.43. The number of anilines is 1. The molecule has 1 saturated heterocycles. The van der Waals surface area contributed by atoms with E-state index in [0.717, 1.165) is 22.9 Å². The molecule has 140 valence electrons. The van der Waals surface area contributed by atoms with Gasteiger partial charge in [0.05, 0.1) is 11.3 Å². The highest BCUT2D eigenvalue weighted by Gasteiger charge is 2.31. The van der Waals surface area contributed by atoms with E-state index in [1.165, 1.54) is 0 Å². The second-order valence-corrected chi connectivity index (χ2v) is 7.88. The molecule has 2 aromatic rings. The molecule has 1 aliphatic carbocycles. The van der Waals surface area contributed by atoms with Crippen LogP contribution in [-0.2, 0) is 4.79 Å². The molecule has 6 nitrogen and oxygen atoms in total. The van der Waals surface area contributed by atoms with Crippen molar-refractivity contribution < 1.29 is 9.59 Å². The number of benzene rings is 2. The van der Waals surface area contributed by atoms with E-state index in [1.807, 2.05) is 30.3 Å². The molecule has 2 atom stereocenters. The number of nitrogens with one attached hydrogen (secondary N) is 4. The van der Waals surface area contributed by atoms with Crippen LogP contribution in [0.25, 0.3) is 0 Å². The first-order valence-corrected chi connectivity index (χ1v) is 9.87. The molecule has 2 aromatic carbocycles. The minimum atomic E-state index is -0.377. The molecule has 2 unspecified atom stereocenters. The minimum Gasteiger partial charge on any atom is -0.349 e. The van der Waals surface area contributed by atoms with Gasteiger partial charge in [-0.2, -0.15) is 0 Å². The molecule has 7 heteroatoms. The second kappa shape index (κ2) is 7.80. The van der Waals surface area contributed by atoms with Gasteiger partial charge in [0, 0.05) is 16.6 Å². The van der Waals surface area contributed by atoms with Gasteiger partial charge < -0.3 is 10.6 Å². The molecule has 1 saturated carbocycles. The quantitative estimate of drug-likeness (QED) is 0.589. The molecule has 2 amide bonds. The van der Waals surface area contributed by atoms with Crippen LogP contribution in [0.4, 0.5) is 5.69 Å². The van der Waals surface area contributed by atoms with Crippen LogP contribution in [0.15, 0.2) is 53.0 Å². The van der Waals surface area contributed by atoms with Crippen LogP contribution in [0.2, 0.25) is 0 Å². The van der Waals surface area contributed by atoms with E-state index in [9.17, 15) is 9.59 Å². The number of hydrogen-bond donors (Lipinski definition) is 4. The third-order valence-electron chi connectivity index (χ3n) is 4.83. The monoisotopic (exact) mass is 428 g/mol. The summed E-state index contributed by atoms with van der Waals surface area (Å²) in [6.07, 6.45) is 2.68. The molecule has 27 heavy (non-hydrogen) atoms. The van der Waals surface area contributed by atoms with Gasteiger partial charge in [-0.05, 0) is 49.1 Å². The average Bonchev–Trinajstić information content (AvgIpc) is 3.34. The van der Waals surface area contributed by atoms with E-state index in [-0.39, 0.29) is 29.9 Å². The molecule has 0 bridgehead atoms. The van der Waals surface area contributed by atoms with Gasteiger partial charge in [0.1, 0.15) is 6.04 Å². The Labute approximate surface area is 166 Å². The lowest BCUT2D eigenvalue weighted by Gasteiger charge is -2.14. The predicted molar refractivity (Wildman–Crippen MR) is 107 cm³/mol. The molecule has 0 aromatic heterocycles. The van der Waals surface area contributed by atoms with Crippen molar-refractivity contribution in [1.82, 2.24) is 16.2 Å². The van der Waals surface area contributed by atoms with Gasteiger partial charge in [-0.25, -0.2) is 10.9 Å². The van der Waals surface area contributed by atoms with Gasteiger partial charge in [-0.3, -0.25) is 9.59 Å². The van der Waals surface area contributed by atoms with Crippen molar-refractivity contribution >= 4 is 33.4 Å². The number of carbonyl (C=O) groups is 2. The van der Waals surface area contributed by atoms with Crippen molar-refractivity contribution in [2.75, 3.05) is 5.32 Å². The Morgan fingerprint density at radius 2 is 1.74 bits per heavy atom. The molecular formula is C20H21BrN4O2. The molecule has 2 aliphatic rings. The highest BCUT2D eigenvalue weighted by atomic mass is 79.9. The predicted octanol–water partition coefficient (Wildman–Crippen LogP) is 2.89. The van der Waals surface area contributed by atoms with Crippen LogP contribution in [0.5, 0.6) is 0 Å². The summed E-state index contributed by atoms with van der Waals surface area (Å²) in [6.45, 7) is 0. The maximum absolute atomic E-state index is 12.7. The molecule has 1 heterocycles. The van der Waals surface area contributed by atoms with Crippen molar-refractivity contribution in [3.05, 3.63) is 64.1 Å². The zero-order valence-electron chi connectivity index (χ0n) is 14.7. The topological polar surface area (TPSA) is 82.3 Å². The van der Waals surface area contributed by atoms with Crippen LogP contribution in [0.1, 0.15) is 41.2 Å². The lowest BCUT2D eigenvalue weighted by Crippen LogP contribution is -2.40. The van der Waals surface area contributed by atoms with Crippen molar-refractivity contribution in [2.24, 2.45) is 0 Å². The molecule has 4 N–H and O–H groups in total. The third-order valence-corrected chi connectivity index (χ3v) is 5.36. The van der Waals surface area contributed by atoms with Crippen molar-refractivity contribution in [3.8, 4) is 0 Å². The molecule has 1 aliphatic heterocycles. The van der Waals surface area contributed by atoms with Gasteiger partial charge in [0.15, 0.2) is 0 Å². The first-order valence-electron chi connectivity index (χ1n) is 9.07. The van der Waals surface area contributed by atoms with E-state index >= 15 is 0 Å². The number of hydrazine groups is 1. The number of halogens is 1. The van der Waals surface area contributed by atoms with Gasteiger partial charge in [-0.1, -0.05) is 40.2 Å². The van der Waals surface area contributed by atoms with Crippen LogP contribution in [0, 0.1) is 0 Å². The number of carbonyl (C=O) groups excluding carboxylic acids is 2. The summed E-state index contributed by atoms with van der Waals surface area (Å²) in [5.41, 5.74) is 8.38. The lowest BCUT2D eigenvalue weighted by molar-refractivity contribution is -0.117. The summed E-state index contributed by atoms with van der Waals surface area (Å²) in [7, 11) is 0. The SMILES string of the molecule is O=C(NC1CC1)c1ccccc1NC(=O)C1CC(c2ccc(Br)cc2)NN1. The number of amides is 2. The maximum atomic E-state index is 12.7. The maximum Gasteiger partial charge on any atom is 0.253 e. The third kappa shape index (κ3) is 4.37. The van der Waals surface area contributed by atoms with Crippen molar-refractivity contribution in [1.29, 1.82) is 0 Å². The van der Waals surface area contributed by atoms with E-state index in [1.54, 1.807) is 18.2 Å². The van der Waals surface area contributed by atoms with E-state index < -0.39 is 0 Å². The van der Waals surface area contributed by atoms with Gasteiger partial charge >= 0.3 is 0 Å². The summed E-state index contributed by atoms with van der Waals surface area (Å²) in [4.78, 5) is 25.1. The minimum absolute atomic E-state index is 0.0576. The van der Waals surface area contributed by atoms with Crippen molar-refractivity contribution in [3.63, 3.8) is 0 Å². The lowest BCUT2D eigenvalue weighted by atomic mass is 10.0. The Bertz CT molecular complexity index is 851. The molecule has 0 radical (unpaired) electrons. The van der Waals surface area contributed by atoms with Gasteiger partial charge in [0.25, 0.3) is 5.91 Å². The molecular weight excluding hydrogens is 408 g/mol. The molecule has 0 spiro atoms. The Kier molecular flexibility index (Phi) is 5.24. The fourth-order valence-electron chi connectivity index (χ4n) is 3.14. The average molecular weight is 429 g/mol. The number of rotatable bonds is 5. The molecule has 2 fully saturated rings. The smallest absolute Gasteiger partial charge is 0.253 e. The summed E-state index contributed by atoms with van der Waals surface area (Å²) in [6, 6.07) is 15.1. The fourth-order valence-corrected chi connectivity index (χ4v) is 3.41. The van der Waals surface area contributed by atoms with E-state index in [4.69, 9.17) is 0 Å². The number of hydrogen-bond acceptors (Lipinski definition) is 4. The molecule has 4 rings (SSSR count). The van der Waals surface area contributed by atoms with E-state index in [2.05, 4.69) is 37.4 Å². The van der Waals surface area contributed by atoms with Crippen LogP contribution in [-0.4, -0.2) is 23.9 Å². The Morgan fingerprint density at radius 3 is 2.48 bits per heavy atom. The fraction of sp³-hybridized carbons (Fsp3) is 0.300.